The SMILES string of the molecule is COc1ccc(-c2c(Cc3ccccc3)cc(C(=O)NCC(C)C)cc2C(=O)O)c(C(=O)Nc2ccc(C(=N)N)cc2)n1. The van der Waals surface area contributed by atoms with Gasteiger partial charge < -0.3 is 26.2 Å². The number of amidine groups is 1. The maximum absolute atomic E-state index is 13.7. The van der Waals surface area contributed by atoms with Gasteiger partial charge in [-0.15, -0.1) is 0 Å². The average molecular weight is 580 g/mol. The molecule has 6 N–H and O–H groups in total. The number of ether oxygens (including phenoxy) is 1. The van der Waals surface area contributed by atoms with Gasteiger partial charge in [-0.05, 0) is 65.9 Å². The molecule has 0 aliphatic rings. The standard InChI is InChI=1S/C33H33N5O5/c1-19(2)18-36-31(39)23-16-22(15-20-7-5-4-6-8-20)28(26(17-23)33(41)42)25-13-14-27(43-3)38-29(25)32(40)37-24-11-9-21(10-12-24)30(34)35/h4-14,16-17,19H,15,18H2,1-3H3,(H3,34,35)(H,36,39)(H,37,40)(H,41,42). The van der Waals surface area contributed by atoms with Crippen LogP contribution in [0.4, 0.5) is 5.69 Å². The van der Waals surface area contributed by atoms with Crippen molar-refractivity contribution in [1.29, 1.82) is 5.41 Å². The molecule has 4 aromatic rings. The molecule has 0 aliphatic carbocycles. The number of carbonyl (C=O) groups excluding carboxylic acids is 2. The van der Waals surface area contributed by atoms with Gasteiger partial charge in [0, 0.05) is 40.6 Å². The monoisotopic (exact) mass is 579 g/mol. The Bertz CT molecular complexity index is 1670. The number of carbonyl (C=O) groups is 3. The molecule has 4 rings (SSSR count). The molecule has 1 aromatic heterocycles. The van der Waals surface area contributed by atoms with Crippen molar-refractivity contribution in [2.75, 3.05) is 19.0 Å². The van der Waals surface area contributed by atoms with E-state index in [9.17, 15) is 19.5 Å². The van der Waals surface area contributed by atoms with Crippen LogP contribution in [-0.4, -0.2) is 47.4 Å². The maximum Gasteiger partial charge on any atom is 0.336 e. The van der Waals surface area contributed by atoms with Gasteiger partial charge in [-0.1, -0.05) is 44.2 Å². The number of nitrogens with one attached hydrogen (secondary N) is 3. The third-order valence-corrected chi connectivity index (χ3v) is 6.64. The Balaban J connectivity index is 1.89. The molecule has 2 amide bonds. The summed E-state index contributed by atoms with van der Waals surface area (Å²) in [6, 6.07) is 22.0. The van der Waals surface area contributed by atoms with Crippen LogP contribution in [0.2, 0.25) is 0 Å². The highest BCUT2D eigenvalue weighted by atomic mass is 16.5. The number of anilines is 1. The summed E-state index contributed by atoms with van der Waals surface area (Å²) in [5, 5.41) is 23.6. The van der Waals surface area contributed by atoms with Crippen LogP contribution >= 0.6 is 0 Å². The number of aromatic carboxylic acids is 1. The molecular formula is C33H33N5O5. The first-order chi connectivity index (χ1) is 20.6. The van der Waals surface area contributed by atoms with Crippen molar-refractivity contribution in [2.24, 2.45) is 11.7 Å². The second kappa shape index (κ2) is 13.4. The average Bonchev–Trinajstić information content (AvgIpc) is 2.99. The number of carboxylic acid groups (broad SMARTS) is 1. The van der Waals surface area contributed by atoms with Crippen LogP contribution in [0, 0.1) is 11.3 Å². The lowest BCUT2D eigenvalue weighted by atomic mass is 9.87. The molecule has 0 unspecified atom stereocenters. The Morgan fingerprint density at radius 3 is 2.26 bits per heavy atom. The predicted octanol–water partition coefficient (Wildman–Crippen LogP) is 4.97. The fourth-order valence-corrected chi connectivity index (χ4v) is 4.53. The van der Waals surface area contributed by atoms with Gasteiger partial charge in [0.15, 0.2) is 0 Å². The number of nitrogens with two attached hydrogens (primary N) is 1. The molecule has 0 saturated heterocycles. The number of hydrogen-bond donors (Lipinski definition) is 5. The van der Waals surface area contributed by atoms with Crippen LogP contribution in [-0.2, 0) is 6.42 Å². The normalized spacial score (nSPS) is 10.7. The van der Waals surface area contributed by atoms with Crippen molar-refractivity contribution in [3.05, 3.63) is 112 Å². The van der Waals surface area contributed by atoms with E-state index in [1.807, 2.05) is 44.2 Å². The number of rotatable bonds is 11. The molecule has 0 fully saturated rings. The predicted molar refractivity (Wildman–Crippen MR) is 165 cm³/mol. The van der Waals surface area contributed by atoms with Crippen LogP contribution < -0.4 is 21.1 Å². The molecule has 10 heteroatoms. The van der Waals surface area contributed by atoms with Gasteiger partial charge in [-0.2, -0.15) is 0 Å². The Hall–Kier alpha value is -5.51. The molecular weight excluding hydrogens is 546 g/mol. The van der Waals surface area contributed by atoms with E-state index in [0.717, 1.165) is 5.56 Å². The first kappa shape index (κ1) is 30.4. The number of carboxylic acids is 1. The molecule has 3 aromatic carbocycles. The molecule has 43 heavy (non-hydrogen) atoms. The summed E-state index contributed by atoms with van der Waals surface area (Å²) >= 11 is 0. The number of nitrogen functional groups attached to an aromatic ring is 1. The van der Waals surface area contributed by atoms with Gasteiger partial charge in [0.25, 0.3) is 11.8 Å². The largest absolute Gasteiger partial charge is 0.481 e. The molecule has 0 aliphatic heterocycles. The number of benzene rings is 3. The van der Waals surface area contributed by atoms with Gasteiger partial charge in [-0.25, -0.2) is 9.78 Å². The zero-order valence-electron chi connectivity index (χ0n) is 24.1. The van der Waals surface area contributed by atoms with Crippen molar-refractivity contribution in [3.8, 4) is 17.0 Å². The molecule has 220 valence electrons. The minimum absolute atomic E-state index is 0.0659. The highest BCUT2D eigenvalue weighted by molar-refractivity contribution is 6.10. The molecule has 0 saturated carbocycles. The van der Waals surface area contributed by atoms with Gasteiger partial charge >= 0.3 is 5.97 Å². The van der Waals surface area contributed by atoms with E-state index in [-0.39, 0.29) is 45.6 Å². The van der Waals surface area contributed by atoms with Crippen molar-refractivity contribution >= 4 is 29.3 Å². The number of pyridine rings is 1. The Morgan fingerprint density at radius 1 is 0.953 bits per heavy atom. The van der Waals surface area contributed by atoms with E-state index in [4.69, 9.17) is 15.9 Å². The van der Waals surface area contributed by atoms with E-state index in [0.29, 0.717) is 29.8 Å². The van der Waals surface area contributed by atoms with Gasteiger partial charge in [0.2, 0.25) is 5.88 Å². The molecule has 0 spiro atoms. The number of hydrogen-bond acceptors (Lipinski definition) is 6. The van der Waals surface area contributed by atoms with Gasteiger partial charge in [-0.3, -0.25) is 15.0 Å². The fourth-order valence-electron chi connectivity index (χ4n) is 4.53. The third-order valence-electron chi connectivity index (χ3n) is 6.64. The lowest BCUT2D eigenvalue weighted by Crippen LogP contribution is -2.27. The summed E-state index contributed by atoms with van der Waals surface area (Å²) in [7, 11) is 1.41. The van der Waals surface area contributed by atoms with E-state index < -0.39 is 17.8 Å². The highest BCUT2D eigenvalue weighted by Crippen LogP contribution is 2.34. The van der Waals surface area contributed by atoms with E-state index in [1.165, 1.54) is 13.2 Å². The first-order valence-corrected chi connectivity index (χ1v) is 13.6. The highest BCUT2D eigenvalue weighted by Gasteiger charge is 2.26. The summed E-state index contributed by atoms with van der Waals surface area (Å²) < 4.78 is 5.29. The Morgan fingerprint density at radius 2 is 1.65 bits per heavy atom. The quantitative estimate of drug-likeness (QED) is 0.123. The molecule has 0 radical (unpaired) electrons. The van der Waals surface area contributed by atoms with Crippen molar-refractivity contribution in [1.82, 2.24) is 10.3 Å². The van der Waals surface area contributed by atoms with Crippen molar-refractivity contribution in [3.63, 3.8) is 0 Å². The number of nitrogens with zero attached hydrogens (tertiary/aromatic N) is 1. The Labute approximate surface area is 249 Å². The van der Waals surface area contributed by atoms with Gasteiger partial charge in [0.1, 0.15) is 11.5 Å². The number of methoxy groups -OCH3 is 1. The third kappa shape index (κ3) is 7.42. The van der Waals surface area contributed by atoms with Crippen molar-refractivity contribution < 1.29 is 24.2 Å². The van der Waals surface area contributed by atoms with Crippen LogP contribution in [0.5, 0.6) is 5.88 Å². The minimum Gasteiger partial charge on any atom is -0.481 e. The van der Waals surface area contributed by atoms with E-state index in [2.05, 4.69) is 15.6 Å². The molecule has 0 bridgehead atoms. The van der Waals surface area contributed by atoms with E-state index >= 15 is 0 Å². The Kier molecular flexibility index (Phi) is 9.51. The van der Waals surface area contributed by atoms with E-state index in [1.54, 1.807) is 42.5 Å². The summed E-state index contributed by atoms with van der Waals surface area (Å²) in [5.41, 5.74) is 8.39. The summed E-state index contributed by atoms with van der Waals surface area (Å²) in [4.78, 5) is 43.9. The minimum atomic E-state index is -1.26. The summed E-state index contributed by atoms with van der Waals surface area (Å²) in [6.07, 6.45) is 0.293. The topological polar surface area (TPSA) is 167 Å². The maximum atomic E-state index is 13.7. The lowest BCUT2D eigenvalue weighted by molar-refractivity contribution is 0.0697. The second-order valence-corrected chi connectivity index (χ2v) is 10.3. The second-order valence-electron chi connectivity index (χ2n) is 10.3. The van der Waals surface area contributed by atoms with Crippen molar-refractivity contribution in [2.45, 2.75) is 20.3 Å². The first-order valence-electron chi connectivity index (χ1n) is 13.6. The zero-order chi connectivity index (χ0) is 31.1. The van der Waals surface area contributed by atoms with Crippen LogP contribution in [0.15, 0.2) is 78.9 Å². The summed E-state index contributed by atoms with van der Waals surface area (Å²) in [6.45, 7) is 4.36. The lowest BCUT2D eigenvalue weighted by Gasteiger charge is -2.19. The molecule has 10 nitrogen and oxygen atoms in total. The summed E-state index contributed by atoms with van der Waals surface area (Å²) in [5.74, 6) is -2.00. The smallest absolute Gasteiger partial charge is 0.336 e. The van der Waals surface area contributed by atoms with Crippen LogP contribution in [0.1, 0.15) is 61.7 Å². The molecule has 0 atom stereocenters. The number of amides is 2. The van der Waals surface area contributed by atoms with Crippen LogP contribution in [0.25, 0.3) is 11.1 Å². The molecule has 1 heterocycles. The van der Waals surface area contributed by atoms with Crippen LogP contribution in [0.3, 0.4) is 0 Å². The fraction of sp³-hybridized carbons (Fsp3) is 0.182. The number of aromatic nitrogens is 1. The zero-order valence-corrected chi connectivity index (χ0v) is 24.1. The van der Waals surface area contributed by atoms with Gasteiger partial charge in [0.05, 0.1) is 12.7 Å².